The van der Waals surface area contributed by atoms with Crippen LogP contribution >= 0.6 is 0 Å². The second kappa shape index (κ2) is 7.41. The van der Waals surface area contributed by atoms with Crippen molar-refractivity contribution < 1.29 is 24.2 Å². The van der Waals surface area contributed by atoms with E-state index in [1.165, 1.54) is 0 Å². The van der Waals surface area contributed by atoms with E-state index in [1.807, 2.05) is 18.2 Å². The maximum Gasteiger partial charge on any atom is 0.256 e. The highest BCUT2D eigenvalue weighted by Crippen LogP contribution is 2.35. The number of benzene rings is 1. The number of rotatable bonds is 5. The van der Waals surface area contributed by atoms with E-state index in [0.717, 1.165) is 10.9 Å². The third-order valence-electron chi connectivity index (χ3n) is 4.94. The van der Waals surface area contributed by atoms with Crippen molar-refractivity contribution in [1.29, 1.82) is 0 Å². The van der Waals surface area contributed by atoms with Crippen molar-refractivity contribution in [3.8, 4) is 17.4 Å². The zero-order chi connectivity index (χ0) is 19.6. The number of hydroxylamine groups is 1. The molecule has 0 bridgehead atoms. The normalized spacial score (nSPS) is 18.8. The molecule has 0 unspecified atom stereocenters. The summed E-state index contributed by atoms with van der Waals surface area (Å²) >= 11 is 0. The minimum absolute atomic E-state index is 0.224. The average Bonchev–Trinajstić information content (AvgIpc) is 3.24. The van der Waals surface area contributed by atoms with Crippen molar-refractivity contribution in [2.75, 3.05) is 20.3 Å². The highest BCUT2D eigenvalue weighted by Gasteiger charge is 2.43. The van der Waals surface area contributed by atoms with Gasteiger partial charge in [0.25, 0.3) is 5.91 Å². The maximum atomic E-state index is 12.2. The molecule has 1 saturated heterocycles. The predicted octanol–water partition coefficient (Wildman–Crippen LogP) is 2.59. The van der Waals surface area contributed by atoms with E-state index in [-0.39, 0.29) is 6.61 Å². The fourth-order valence-electron chi connectivity index (χ4n) is 3.37. The summed E-state index contributed by atoms with van der Waals surface area (Å²) in [6.07, 6.45) is 2.12. The number of amides is 1. The molecule has 1 aliphatic rings. The number of methoxy groups -OCH3 is 1. The molecule has 3 heterocycles. The number of fused-ring (bicyclic) bond motifs is 1. The van der Waals surface area contributed by atoms with E-state index in [4.69, 9.17) is 19.4 Å². The van der Waals surface area contributed by atoms with E-state index in [2.05, 4.69) is 9.97 Å². The Morgan fingerprint density at radius 1 is 1.21 bits per heavy atom. The Morgan fingerprint density at radius 2 is 2.04 bits per heavy atom. The Balaban J connectivity index is 1.62. The van der Waals surface area contributed by atoms with Crippen molar-refractivity contribution in [3.05, 3.63) is 54.2 Å². The van der Waals surface area contributed by atoms with Crippen LogP contribution in [0.5, 0.6) is 17.4 Å². The minimum atomic E-state index is -0.892. The van der Waals surface area contributed by atoms with Crippen molar-refractivity contribution in [3.63, 3.8) is 0 Å². The van der Waals surface area contributed by atoms with E-state index < -0.39 is 11.3 Å². The Morgan fingerprint density at radius 3 is 2.71 bits per heavy atom. The first-order chi connectivity index (χ1) is 13.7. The van der Waals surface area contributed by atoms with E-state index in [1.54, 1.807) is 43.1 Å². The van der Waals surface area contributed by atoms with Gasteiger partial charge < -0.3 is 14.2 Å². The molecule has 2 N–H and O–H groups in total. The zero-order valence-corrected chi connectivity index (χ0v) is 15.2. The van der Waals surface area contributed by atoms with Crippen molar-refractivity contribution in [2.24, 2.45) is 0 Å². The van der Waals surface area contributed by atoms with Crippen LogP contribution in [0.25, 0.3) is 11.0 Å². The van der Waals surface area contributed by atoms with Crippen LogP contribution < -0.4 is 15.0 Å². The molecular weight excluding hydrogens is 362 g/mol. The molecule has 1 aliphatic heterocycles. The van der Waals surface area contributed by atoms with Crippen molar-refractivity contribution in [2.45, 2.75) is 11.8 Å². The summed E-state index contributed by atoms with van der Waals surface area (Å²) in [6.45, 7) is 0.688. The Kier molecular flexibility index (Phi) is 4.81. The average molecular weight is 381 g/mol. The zero-order valence-electron chi connectivity index (χ0n) is 15.2. The van der Waals surface area contributed by atoms with Gasteiger partial charge in [0.1, 0.15) is 16.9 Å². The molecule has 1 aromatic carbocycles. The molecule has 144 valence electrons. The minimum Gasteiger partial charge on any atom is -0.481 e. The Labute approximate surface area is 161 Å². The molecule has 1 atom stereocenters. The smallest absolute Gasteiger partial charge is 0.256 e. The Bertz CT molecular complexity index is 1000. The van der Waals surface area contributed by atoms with Gasteiger partial charge in [-0.3, -0.25) is 10.0 Å². The standard InChI is InChI=1S/C20H19N3O5/c1-26-17-7-6-15-16(8-10-21-18(15)22-17)28-14-4-2-13(3-5-14)20(19(24)23-25)9-11-27-12-20/h2-8,10,25H,9,11-12H2,1H3,(H,23,24)/t20-/m1/s1. The fraction of sp³-hybridized carbons (Fsp3) is 0.250. The summed E-state index contributed by atoms with van der Waals surface area (Å²) in [7, 11) is 1.55. The van der Waals surface area contributed by atoms with E-state index in [9.17, 15) is 4.79 Å². The number of nitrogens with one attached hydrogen (secondary N) is 1. The topological polar surface area (TPSA) is 103 Å². The quantitative estimate of drug-likeness (QED) is 0.517. The van der Waals surface area contributed by atoms with Crippen LogP contribution in [0, 0.1) is 0 Å². The highest BCUT2D eigenvalue weighted by molar-refractivity contribution is 5.88. The lowest BCUT2D eigenvalue weighted by molar-refractivity contribution is -0.135. The molecule has 0 spiro atoms. The monoisotopic (exact) mass is 381 g/mol. The van der Waals surface area contributed by atoms with Crippen molar-refractivity contribution >= 4 is 16.9 Å². The van der Waals surface area contributed by atoms with Gasteiger partial charge in [-0.05, 0) is 36.2 Å². The molecule has 0 saturated carbocycles. The van der Waals surface area contributed by atoms with Crippen LogP contribution in [-0.4, -0.2) is 41.4 Å². The first-order valence-electron chi connectivity index (χ1n) is 8.77. The van der Waals surface area contributed by atoms with E-state index in [0.29, 0.717) is 36.1 Å². The van der Waals surface area contributed by atoms with Gasteiger partial charge in [0.15, 0.2) is 5.65 Å². The number of carbonyl (C=O) groups excluding carboxylic acids is 1. The molecule has 3 aromatic rings. The van der Waals surface area contributed by atoms with Crippen LogP contribution in [0.1, 0.15) is 12.0 Å². The lowest BCUT2D eigenvalue weighted by Crippen LogP contribution is -2.43. The van der Waals surface area contributed by atoms with Gasteiger partial charge in [0.05, 0.1) is 19.1 Å². The van der Waals surface area contributed by atoms with Crippen LogP contribution in [0.3, 0.4) is 0 Å². The number of carbonyl (C=O) groups is 1. The predicted molar refractivity (Wildman–Crippen MR) is 99.6 cm³/mol. The Hall–Kier alpha value is -3.23. The summed E-state index contributed by atoms with van der Waals surface area (Å²) in [5, 5.41) is 9.87. The van der Waals surface area contributed by atoms with Crippen molar-refractivity contribution in [1.82, 2.24) is 15.4 Å². The molecular formula is C20H19N3O5. The summed E-state index contributed by atoms with van der Waals surface area (Å²) < 4.78 is 16.5. The number of hydrogen-bond donors (Lipinski definition) is 2. The molecule has 1 fully saturated rings. The van der Waals surface area contributed by atoms with E-state index >= 15 is 0 Å². The fourth-order valence-corrected chi connectivity index (χ4v) is 3.37. The molecule has 8 heteroatoms. The molecule has 8 nitrogen and oxygen atoms in total. The number of hydrogen-bond acceptors (Lipinski definition) is 7. The lowest BCUT2D eigenvalue weighted by atomic mass is 9.79. The number of aromatic nitrogens is 2. The summed E-state index contributed by atoms with van der Waals surface area (Å²) in [5.41, 5.74) is 2.15. The third kappa shape index (κ3) is 3.12. The first-order valence-corrected chi connectivity index (χ1v) is 8.77. The van der Waals surface area contributed by atoms with Gasteiger partial charge in [-0.15, -0.1) is 0 Å². The molecule has 28 heavy (non-hydrogen) atoms. The van der Waals surface area contributed by atoms with Crippen LogP contribution in [0.4, 0.5) is 0 Å². The summed E-state index contributed by atoms with van der Waals surface area (Å²) in [4.78, 5) is 20.8. The van der Waals surface area contributed by atoms with Crippen LogP contribution in [0.2, 0.25) is 0 Å². The highest BCUT2D eigenvalue weighted by atomic mass is 16.5. The van der Waals surface area contributed by atoms with Gasteiger partial charge in [-0.1, -0.05) is 12.1 Å². The van der Waals surface area contributed by atoms with Gasteiger partial charge >= 0.3 is 0 Å². The molecule has 1 amide bonds. The second-order valence-electron chi connectivity index (χ2n) is 6.49. The molecule has 4 rings (SSSR count). The third-order valence-corrected chi connectivity index (χ3v) is 4.94. The second-order valence-corrected chi connectivity index (χ2v) is 6.49. The SMILES string of the molecule is COc1ccc2c(Oc3ccc([C@@]4(C(=O)NO)CCOC4)cc3)ccnc2n1. The molecule has 2 aromatic heterocycles. The maximum absolute atomic E-state index is 12.2. The van der Waals surface area contributed by atoms with Gasteiger partial charge in [-0.2, -0.15) is 4.98 Å². The largest absolute Gasteiger partial charge is 0.481 e. The van der Waals surface area contributed by atoms with Gasteiger partial charge in [0.2, 0.25) is 5.88 Å². The van der Waals surface area contributed by atoms with Gasteiger partial charge in [0, 0.05) is 18.9 Å². The number of pyridine rings is 2. The first kappa shape index (κ1) is 18.1. The number of ether oxygens (including phenoxy) is 3. The number of nitrogens with zero attached hydrogens (tertiary/aromatic N) is 2. The summed E-state index contributed by atoms with van der Waals surface area (Å²) in [5.74, 6) is 1.22. The molecule has 0 aliphatic carbocycles. The van der Waals surface area contributed by atoms with Crippen LogP contribution in [-0.2, 0) is 14.9 Å². The lowest BCUT2D eigenvalue weighted by Gasteiger charge is -2.25. The van der Waals surface area contributed by atoms with Gasteiger partial charge in [-0.25, -0.2) is 10.5 Å². The van der Waals surface area contributed by atoms with Crippen LogP contribution in [0.15, 0.2) is 48.7 Å². The molecule has 0 radical (unpaired) electrons. The summed E-state index contributed by atoms with van der Waals surface area (Å²) in [6, 6.07) is 12.5.